The molecule has 1 aliphatic heterocycles. The summed E-state index contributed by atoms with van der Waals surface area (Å²) in [5.41, 5.74) is 3.24. The van der Waals surface area contributed by atoms with Crippen molar-refractivity contribution in [2.45, 2.75) is 70.9 Å². The summed E-state index contributed by atoms with van der Waals surface area (Å²) in [7, 11) is 0. The first kappa shape index (κ1) is 14.9. The summed E-state index contributed by atoms with van der Waals surface area (Å²) in [6, 6.07) is 0.764. The van der Waals surface area contributed by atoms with E-state index in [1.807, 2.05) is 0 Å². The Kier molecular flexibility index (Phi) is 4.27. The number of aromatic nitrogens is 2. The molecule has 2 aliphatic rings. The molecule has 1 unspecified atom stereocenters. The average Bonchev–Trinajstić information content (AvgIpc) is 3.26. The first-order valence-corrected chi connectivity index (χ1v) is 8.30. The van der Waals surface area contributed by atoms with Gasteiger partial charge in [-0.25, -0.2) is 9.97 Å². The molecule has 0 bridgehead atoms. The van der Waals surface area contributed by atoms with Crippen LogP contribution < -0.4 is 5.32 Å². The summed E-state index contributed by atoms with van der Waals surface area (Å²) in [5, 5.41) is 3.56. The maximum atomic E-state index is 5.98. The zero-order chi connectivity index (χ0) is 14.9. The second-order valence-corrected chi connectivity index (χ2v) is 6.71. The fourth-order valence-electron chi connectivity index (χ4n) is 3.14. The van der Waals surface area contributed by atoms with Gasteiger partial charge in [0.05, 0.1) is 0 Å². The molecule has 1 saturated heterocycles. The van der Waals surface area contributed by atoms with Crippen molar-refractivity contribution >= 4 is 0 Å². The molecule has 2 fully saturated rings. The van der Waals surface area contributed by atoms with E-state index in [4.69, 9.17) is 14.7 Å². The van der Waals surface area contributed by atoms with Gasteiger partial charge in [-0.3, -0.25) is 0 Å². The molecule has 1 aromatic heterocycles. The number of rotatable bonds is 5. The zero-order valence-corrected chi connectivity index (χ0v) is 13.5. The van der Waals surface area contributed by atoms with Crippen molar-refractivity contribution in [3.05, 3.63) is 22.8 Å². The van der Waals surface area contributed by atoms with E-state index in [1.54, 1.807) is 0 Å². The van der Waals surface area contributed by atoms with Gasteiger partial charge in [-0.15, -0.1) is 0 Å². The lowest BCUT2D eigenvalue weighted by Gasteiger charge is -2.33. The van der Waals surface area contributed by atoms with Crippen molar-refractivity contribution in [2.24, 2.45) is 0 Å². The molecule has 1 saturated carbocycles. The van der Waals surface area contributed by atoms with Crippen LogP contribution in [0.2, 0.25) is 0 Å². The van der Waals surface area contributed by atoms with Crippen LogP contribution in [0.1, 0.15) is 61.8 Å². The van der Waals surface area contributed by atoms with Crippen LogP contribution in [0.5, 0.6) is 0 Å². The van der Waals surface area contributed by atoms with Gasteiger partial charge < -0.3 is 10.1 Å². The van der Waals surface area contributed by atoms with Gasteiger partial charge in [0.25, 0.3) is 0 Å². The Morgan fingerprint density at radius 3 is 2.48 bits per heavy atom. The van der Waals surface area contributed by atoms with Crippen LogP contribution in [0, 0.1) is 13.8 Å². The molecule has 0 amide bonds. The van der Waals surface area contributed by atoms with E-state index in [2.05, 4.69) is 26.1 Å². The van der Waals surface area contributed by atoms with E-state index in [1.165, 1.54) is 24.8 Å². The van der Waals surface area contributed by atoms with E-state index >= 15 is 0 Å². The Balaban J connectivity index is 1.74. The van der Waals surface area contributed by atoms with Crippen LogP contribution in [-0.4, -0.2) is 29.2 Å². The molecular weight excluding hydrogens is 262 g/mol. The third-order valence-corrected chi connectivity index (χ3v) is 4.75. The van der Waals surface area contributed by atoms with E-state index < -0.39 is 0 Å². The van der Waals surface area contributed by atoms with Crippen molar-refractivity contribution in [1.82, 2.24) is 15.3 Å². The molecule has 116 valence electrons. The Bertz CT molecular complexity index is 482. The third-order valence-electron chi connectivity index (χ3n) is 4.75. The van der Waals surface area contributed by atoms with Crippen LogP contribution in [0.3, 0.4) is 0 Å². The number of hydrogen-bond acceptors (Lipinski definition) is 4. The van der Waals surface area contributed by atoms with Gasteiger partial charge >= 0.3 is 0 Å². The highest BCUT2D eigenvalue weighted by Crippen LogP contribution is 2.33. The minimum Gasteiger partial charge on any atom is -0.367 e. The molecule has 1 aliphatic carbocycles. The lowest BCUT2D eigenvalue weighted by molar-refractivity contribution is -0.0762. The van der Waals surface area contributed by atoms with Gasteiger partial charge in [0.15, 0.2) is 5.82 Å². The first-order chi connectivity index (χ1) is 10.1. The fraction of sp³-hybridized carbons (Fsp3) is 0.765. The van der Waals surface area contributed by atoms with Gasteiger partial charge in [0.1, 0.15) is 5.60 Å². The van der Waals surface area contributed by atoms with Crippen molar-refractivity contribution in [3.8, 4) is 0 Å². The fourth-order valence-corrected chi connectivity index (χ4v) is 3.14. The number of ether oxygens (including phenoxy) is 1. The highest BCUT2D eigenvalue weighted by Gasteiger charge is 2.33. The van der Waals surface area contributed by atoms with Crippen LogP contribution in [0.25, 0.3) is 0 Å². The highest BCUT2D eigenvalue weighted by atomic mass is 16.5. The molecule has 2 heterocycles. The predicted molar refractivity (Wildman–Crippen MR) is 83.4 cm³/mol. The van der Waals surface area contributed by atoms with Crippen molar-refractivity contribution < 1.29 is 4.74 Å². The highest BCUT2D eigenvalue weighted by molar-refractivity contribution is 5.26. The number of aryl methyl sites for hydroxylation is 2. The van der Waals surface area contributed by atoms with Crippen LogP contribution in [0.15, 0.2) is 0 Å². The Labute approximate surface area is 127 Å². The first-order valence-electron chi connectivity index (χ1n) is 8.30. The molecule has 1 atom stereocenters. The SMILES string of the molecule is Cc1nc(C2(C)CCCCO2)nc(C)c1CCNC1CC1. The minimum atomic E-state index is -0.293. The molecule has 1 aromatic rings. The molecule has 3 rings (SSSR count). The normalized spacial score (nSPS) is 26.0. The molecule has 1 N–H and O–H groups in total. The van der Waals surface area contributed by atoms with Crippen molar-refractivity contribution in [3.63, 3.8) is 0 Å². The lowest BCUT2D eigenvalue weighted by Crippen LogP contribution is -2.33. The predicted octanol–water partition coefficient (Wildman–Crippen LogP) is 2.80. The maximum absolute atomic E-state index is 5.98. The Morgan fingerprint density at radius 1 is 1.19 bits per heavy atom. The molecule has 0 radical (unpaired) electrons. The topological polar surface area (TPSA) is 47.0 Å². The Hall–Kier alpha value is -1.00. The maximum Gasteiger partial charge on any atom is 0.160 e. The van der Waals surface area contributed by atoms with Gasteiger partial charge in [0, 0.05) is 24.0 Å². The van der Waals surface area contributed by atoms with Gasteiger partial charge in [-0.2, -0.15) is 0 Å². The molecule has 0 aromatic carbocycles. The van der Waals surface area contributed by atoms with Crippen molar-refractivity contribution in [1.29, 1.82) is 0 Å². The van der Waals surface area contributed by atoms with Gasteiger partial charge in [-0.05, 0) is 71.4 Å². The van der Waals surface area contributed by atoms with E-state index in [9.17, 15) is 0 Å². The minimum absolute atomic E-state index is 0.293. The summed E-state index contributed by atoms with van der Waals surface area (Å²) in [6.07, 6.45) is 7.07. The average molecular weight is 289 g/mol. The molecule has 21 heavy (non-hydrogen) atoms. The summed E-state index contributed by atoms with van der Waals surface area (Å²) in [6.45, 7) is 8.20. The zero-order valence-electron chi connectivity index (χ0n) is 13.5. The van der Waals surface area contributed by atoms with Crippen LogP contribution in [0.4, 0.5) is 0 Å². The van der Waals surface area contributed by atoms with Crippen molar-refractivity contribution in [2.75, 3.05) is 13.2 Å². The largest absolute Gasteiger partial charge is 0.367 e. The molecule has 4 heteroatoms. The monoisotopic (exact) mass is 289 g/mol. The number of nitrogens with zero attached hydrogens (tertiary/aromatic N) is 2. The van der Waals surface area contributed by atoms with Gasteiger partial charge in [0.2, 0.25) is 0 Å². The van der Waals surface area contributed by atoms with Crippen LogP contribution >= 0.6 is 0 Å². The standard InChI is InChI=1S/C17H27N3O/c1-12-15(8-10-18-14-6-7-14)13(2)20-16(19-12)17(3)9-4-5-11-21-17/h14,18H,4-11H2,1-3H3. The quantitative estimate of drug-likeness (QED) is 0.905. The summed E-state index contributed by atoms with van der Waals surface area (Å²) >= 11 is 0. The smallest absolute Gasteiger partial charge is 0.160 e. The Morgan fingerprint density at radius 2 is 1.90 bits per heavy atom. The van der Waals surface area contributed by atoms with E-state index in [-0.39, 0.29) is 5.60 Å². The van der Waals surface area contributed by atoms with Crippen LogP contribution in [-0.2, 0) is 16.8 Å². The summed E-state index contributed by atoms with van der Waals surface area (Å²) in [5.74, 6) is 0.871. The summed E-state index contributed by atoms with van der Waals surface area (Å²) < 4.78 is 5.98. The molecule has 4 nitrogen and oxygen atoms in total. The number of nitrogens with one attached hydrogen (secondary N) is 1. The molecular formula is C17H27N3O. The van der Waals surface area contributed by atoms with E-state index in [0.717, 1.165) is 55.7 Å². The van der Waals surface area contributed by atoms with E-state index in [0.29, 0.717) is 0 Å². The summed E-state index contributed by atoms with van der Waals surface area (Å²) in [4.78, 5) is 9.56. The second kappa shape index (κ2) is 6.01. The van der Waals surface area contributed by atoms with Gasteiger partial charge in [-0.1, -0.05) is 0 Å². The number of hydrogen-bond donors (Lipinski definition) is 1. The lowest BCUT2D eigenvalue weighted by atomic mass is 9.94. The molecule has 0 spiro atoms. The second-order valence-electron chi connectivity index (χ2n) is 6.71. The third kappa shape index (κ3) is 3.43.